The second-order valence-electron chi connectivity index (χ2n) is 9.78. The third kappa shape index (κ3) is 5.38. The lowest BCUT2D eigenvalue weighted by Gasteiger charge is -2.41. The number of fused-ring (bicyclic) bond motifs is 1. The molecule has 4 heterocycles. The maximum atomic E-state index is 14.7. The molecule has 3 aromatic rings. The molecule has 1 saturated heterocycles. The third-order valence-electron chi connectivity index (χ3n) is 7.36. The molecule has 5 rings (SSSR count). The number of halogens is 1. The van der Waals surface area contributed by atoms with E-state index in [-0.39, 0.29) is 55.5 Å². The Morgan fingerprint density at radius 3 is 2.77 bits per heavy atom. The molecule has 0 radical (unpaired) electrons. The number of nitrogens with zero attached hydrogens (tertiary/aromatic N) is 7. The number of amides is 2. The van der Waals surface area contributed by atoms with E-state index in [0.29, 0.717) is 37.6 Å². The summed E-state index contributed by atoms with van der Waals surface area (Å²) in [6.07, 6.45) is 3.84. The Morgan fingerprint density at radius 2 is 2.05 bits per heavy atom. The fourth-order valence-corrected chi connectivity index (χ4v) is 5.22. The van der Waals surface area contributed by atoms with Crippen molar-refractivity contribution in [3.8, 4) is 12.1 Å². The van der Waals surface area contributed by atoms with Crippen LogP contribution in [-0.4, -0.2) is 56.9 Å². The molecule has 10 nitrogen and oxygen atoms in total. The highest BCUT2D eigenvalue weighted by Crippen LogP contribution is 2.33. The summed E-state index contributed by atoms with van der Waals surface area (Å²) < 4.78 is 22.7. The van der Waals surface area contributed by atoms with Crippen LogP contribution in [0.4, 0.5) is 15.9 Å². The predicted octanol–water partition coefficient (Wildman–Crippen LogP) is 3.13. The Bertz CT molecular complexity index is 1480. The summed E-state index contributed by atoms with van der Waals surface area (Å²) in [6, 6.07) is 12.0. The number of nitriles is 1. The van der Waals surface area contributed by atoms with Gasteiger partial charge in [-0.3, -0.25) is 9.59 Å². The molecule has 2 aliphatic rings. The van der Waals surface area contributed by atoms with Crippen molar-refractivity contribution >= 4 is 23.3 Å². The van der Waals surface area contributed by atoms with Crippen molar-refractivity contribution in [1.82, 2.24) is 19.4 Å². The molecule has 0 N–H and O–H groups in total. The van der Waals surface area contributed by atoms with Crippen LogP contribution in [0.25, 0.3) is 0 Å². The SMILES string of the molecule is C=CC(=O)N1CCN(c2nc(OCc3cccn3C)nc3c2CCC(=O)N(c2ccccc2F)C3)CC1CC#N. The van der Waals surface area contributed by atoms with Crippen molar-refractivity contribution in [2.75, 3.05) is 29.4 Å². The molecular weight excluding hydrogens is 513 g/mol. The molecule has 1 aromatic carbocycles. The van der Waals surface area contributed by atoms with Crippen molar-refractivity contribution in [1.29, 1.82) is 5.26 Å². The summed E-state index contributed by atoms with van der Waals surface area (Å²) in [7, 11) is 1.92. The van der Waals surface area contributed by atoms with Crippen LogP contribution in [0.15, 0.2) is 55.3 Å². The van der Waals surface area contributed by atoms with Crippen molar-refractivity contribution < 1.29 is 18.7 Å². The smallest absolute Gasteiger partial charge is 0.319 e. The zero-order valence-corrected chi connectivity index (χ0v) is 22.3. The maximum absolute atomic E-state index is 14.7. The van der Waals surface area contributed by atoms with Gasteiger partial charge in [0.2, 0.25) is 11.8 Å². The van der Waals surface area contributed by atoms with Crippen LogP contribution in [-0.2, 0) is 36.2 Å². The van der Waals surface area contributed by atoms with E-state index in [1.807, 2.05) is 34.8 Å². The molecule has 0 bridgehead atoms. The minimum absolute atomic E-state index is 0.0572. The summed E-state index contributed by atoms with van der Waals surface area (Å²) in [4.78, 5) is 40.2. The summed E-state index contributed by atoms with van der Waals surface area (Å²) in [5.74, 6) is -0.331. The van der Waals surface area contributed by atoms with E-state index in [2.05, 4.69) is 12.6 Å². The number of aromatic nitrogens is 3. The summed E-state index contributed by atoms with van der Waals surface area (Å²) in [6.45, 7) is 5.10. The van der Waals surface area contributed by atoms with Gasteiger partial charge in [0, 0.05) is 44.9 Å². The number of para-hydroxylation sites is 1. The number of hydrogen-bond donors (Lipinski definition) is 0. The molecule has 206 valence electrons. The molecule has 0 aliphatic carbocycles. The van der Waals surface area contributed by atoms with Gasteiger partial charge in [-0.05, 0) is 36.8 Å². The number of carbonyl (C=O) groups excluding carboxylic acids is 2. The van der Waals surface area contributed by atoms with E-state index in [1.54, 1.807) is 23.1 Å². The van der Waals surface area contributed by atoms with Crippen molar-refractivity contribution in [3.63, 3.8) is 0 Å². The number of benzene rings is 1. The third-order valence-corrected chi connectivity index (χ3v) is 7.36. The number of carbonyl (C=O) groups is 2. The number of anilines is 2. The first-order chi connectivity index (χ1) is 19.4. The fourth-order valence-electron chi connectivity index (χ4n) is 5.22. The lowest BCUT2D eigenvalue weighted by Crippen LogP contribution is -2.55. The number of rotatable bonds is 7. The van der Waals surface area contributed by atoms with Crippen molar-refractivity contribution in [3.05, 3.63) is 78.0 Å². The van der Waals surface area contributed by atoms with Gasteiger partial charge in [0.25, 0.3) is 0 Å². The van der Waals surface area contributed by atoms with Crippen LogP contribution < -0.4 is 14.5 Å². The van der Waals surface area contributed by atoms with Gasteiger partial charge in [-0.15, -0.1) is 0 Å². The predicted molar refractivity (Wildman–Crippen MR) is 146 cm³/mol. The minimum atomic E-state index is -0.490. The van der Waals surface area contributed by atoms with E-state index in [1.165, 1.54) is 17.0 Å². The van der Waals surface area contributed by atoms with Gasteiger partial charge < -0.3 is 24.0 Å². The van der Waals surface area contributed by atoms with Crippen LogP contribution in [0.1, 0.15) is 29.8 Å². The van der Waals surface area contributed by atoms with Crippen LogP contribution in [0, 0.1) is 17.1 Å². The zero-order valence-electron chi connectivity index (χ0n) is 22.3. The molecular formula is C29H30FN7O3. The molecule has 0 spiro atoms. The van der Waals surface area contributed by atoms with E-state index >= 15 is 0 Å². The van der Waals surface area contributed by atoms with E-state index in [9.17, 15) is 19.2 Å². The van der Waals surface area contributed by atoms with Crippen molar-refractivity contribution in [2.45, 2.75) is 38.5 Å². The van der Waals surface area contributed by atoms with E-state index < -0.39 is 5.82 Å². The highest BCUT2D eigenvalue weighted by Gasteiger charge is 2.34. The van der Waals surface area contributed by atoms with Crippen LogP contribution in [0.2, 0.25) is 0 Å². The summed E-state index contributed by atoms with van der Waals surface area (Å²) in [5, 5.41) is 9.44. The molecule has 2 amide bonds. The molecule has 1 unspecified atom stereocenters. The van der Waals surface area contributed by atoms with Crippen molar-refractivity contribution in [2.24, 2.45) is 7.05 Å². The lowest BCUT2D eigenvalue weighted by atomic mass is 10.1. The quantitative estimate of drug-likeness (QED) is 0.422. The lowest BCUT2D eigenvalue weighted by molar-refractivity contribution is -0.128. The largest absolute Gasteiger partial charge is 0.457 e. The second-order valence-corrected chi connectivity index (χ2v) is 9.78. The van der Waals surface area contributed by atoms with Gasteiger partial charge in [-0.2, -0.15) is 15.2 Å². The Balaban J connectivity index is 1.53. The van der Waals surface area contributed by atoms with E-state index in [4.69, 9.17) is 14.7 Å². The van der Waals surface area contributed by atoms with Gasteiger partial charge in [0.1, 0.15) is 18.2 Å². The molecule has 2 aliphatic heterocycles. The van der Waals surface area contributed by atoms with Gasteiger partial charge >= 0.3 is 6.01 Å². The van der Waals surface area contributed by atoms with Gasteiger partial charge in [0.05, 0.1) is 42.2 Å². The first kappa shape index (κ1) is 26.9. The number of piperazine rings is 1. The normalized spacial score (nSPS) is 17.2. The van der Waals surface area contributed by atoms with Gasteiger partial charge in [0.15, 0.2) is 0 Å². The number of aryl methyl sites for hydroxylation is 1. The highest BCUT2D eigenvalue weighted by molar-refractivity contribution is 5.94. The Labute approximate surface area is 231 Å². The summed E-state index contributed by atoms with van der Waals surface area (Å²) >= 11 is 0. The molecule has 40 heavy (non-hydrogen) atoms. The molecule has 1 atom stereocenters. The fraction of sp³-hybridized carbons (Fsp3) is 0.345. The second kappa shape index (κ2) is 11.6. The zero-order chi connectivity index (χ0) is 28.2. The van der Waals surface area contributed by atoms with Gasteiger partial charge in [-0.1, -0.05) is 18.7 Å². The van der Waals surface area contributed by atoms with E-state index in [0.717, 1.165) is 11.3 Å². The minimum Gasteiger partial charge on any atom is -0.457 e. The van der Waals surface area contributed by atoms with Gasteiger partial charge in [-0.25, -0.2) is 4.39 Å². The molecule has 0 saturated carbocycles. The van der Waals surface area contributed by atoms with Crippen LogP contribution in [0.5, 0.6) is 6.01 Å². The Hall–Kier alpha value is -4.72. The Morgan fingerprint density at radius 1 is 1.23 bits per heavy atom. The first-order valence-corrected chi connectivity index (χ1v) is 13.1. The Kier molecular flexibility index (Phi) is 7.77. The topological polar surface area (TPSA) is 108 Å². The monoisotopic (exact) mass is 543 g/mol. The molecule has 1 fully saturated rings. The average Bonchev–Trinajstić information content (AvgIpc) is 3.30. The standard InChI is InChI=1S/C29H30FN7O3/c1-3-26(38)36-16-15-35(17-20(36)12-13-31)28-22-10-11-27(39)37(25-9-5-4-8-23(25)30)18-24(22)32-29(33-28)40-19-21-7-6-14-34(21)2/h3-9,14,20H,1,10-12,15-19H2,2H3. The van der Waals surface area contributed by atoms with Crippen LogP contribution >= 0.6 is 0 Å². The molecule has 11 heteroatoms. The van der Waals surface area contributed by atoms with Crippen LogP contribution in [0.3, 0.4) is 0 Å². The average molecular weight is 544 g/mol. The maximum Gasteiger partial charge on any atom is 0.319 e. The first-order valence-electron chi connectivity index (χ1n) is 13.1. The number of hydrogen-bond acceptors (Lipinski definition) is 7. The highest BCUT2D eigenvalue weighted by atomic mass is 19.1. The summed E-state index contributed by atoms with van der Waals surface area (Å²) in [5.41, 5.74) is 2.46. The molecule has 2 aromatic heterocycles. The number of ether oxygens (including phenoxy) is 1.